The van der Waals surface area contributed by atoms with Gasteiger partial charge in [0.15, 0.2) is 11.6 Å². The molecule has 0 atom stereocenters. The van der Waals surface area contributed by atoms with Gasteiger partial charge in [0.2, 0.25) is 0 Å². The van der Waals surface area contributed by atoms with Gasteiger partial charge in [0, 0.05) is 23.7 Å². The van der Waals surface area contributed by atoms with E-state index in [0.717, 1.165) is 17.6 Å². The molecule has 6 heteroatoms. The molecule has 0 aliphatic carbocycles. The van der Waals surface area contributed by atoms with Gasteiger partial charge in [0.25, 0.3) is 0 Å². The van der Waals surface area contributed by atoms with Gasteiger partial charge in [-0.15, -0.1) is 11.8 Å². The molecular weight excluding hydrogens is 268 g/mol. The lowest BCUT2D eigenvalue weighted by Gasteiger charge is -2.05. The largest absolute Gasteiger partial charge is 0.373 e. The van der Waals surface area contributed by atoms with Crippen molar-refractivity contribution in [3.8, 4) is 0 Å². The Morgan fingerprint density at radius 2 is 1.95 bits per heavy atom. The van der Waals surface area contributed by atoms with Crippen LogP contribution in [0.5, 0.6) is 0 Å². The van der Waals surface area contributed by atoms with Crippen molar-refractivity contribution in [1.29, 1.82) is 0 Å². The van der Waals surface area contributed by atoms with Gasteiger partial charge in [-0.1, -0.05) is 0 Å². The molecule has 2 rings (SSSR count). The lowest BCUT2D eigenvalue weighted by atomic mass is 10.3. The van der Waals surface area contributed by atoms with Gasteiger partial charge < -0.3 is 5.32 Å². The summed E-state index contributed by atoms with van der Waals surface area (Å²) in [6, 6.07) is 5.67. The number of rotatable bonds is 4. The van der Waals surface area contributed by atoms with Crippen LogP contribution in [-0.4, -0.2) is 17.0 Å². The van der Waals surface area contributed by atoms with Gasteiger partial charge in [0.05, 0.1) is 5.75 Å². The maximum atomic E-state index is 13.1. The molecular formula is C13H13F2N3S. The van der Waals surface area contributed by atoms with E-state index in [2.05, 4.69) is 15.3 Å². The van der Waals surface area contributed by atoms with Gasteiger partial charge in [0.1, 0.15) is 11.6 Å². The first kappa shape index (κ1) is 13.7. The number of hydrogen-bond donors (Lipinski definition) is 1. The van der Waals surface area contributed by atoms with Crippen LogP contribution in [0.2, 0.25) is 0 Å². The average molecular weight is 281 g/mol. The molecule has 0 fully saturated rings. The number of benzene rings is 1. The molecule has 0 unspecified atom stereocenters. The minimum absolute atomic E-state index is 0.501. The third kappa shape index (κ3) is 3.64. The molecule has 2 aromatic rings. The Bertz CT molecular complexity index is 590. The average Bonchev–Trinajstić information content (AvgIpc) is 2.39. The highest BCUT2D eigenvalue weighted by molar-refractivity contribution is 7.98. The van der Waals surface area contributed by atoms with Crippen molar-refractivity contribution in [3.63, 3.8) is 0 Å². The van der Waals surface area contributed by atoms with E-state index in [-0.39, 0.29) is 0 Å². The Morgan fingerprint density at radius 1 is 1.16 bits per heavy atom. The quantitative estimate of drug-likeness (QED) is 0.872. The molecule has 0 aliphatic heterocycles. The SMILES string of the molecule is CNc1cc(C)nc(CSc2ccc(F)c(F)c2)n1. The molecule has 0 spiro atoms. The number of aryl methyl sites for hydroxylation is 1. The number of thioether (sulfide) groups is 1. The van der Waals surface area contributed by atoms with Crippen molar-refractivity contribution in [2.45, 2.75) is 17.6 Å². The molecule has 0 bridgehead atoms. The van der Waals surface area contributed by atoms with Crippen LogP contribution >= 0.6 is 11.8 Å². The summed E-state index contributed by atoms with van der Waals surface area (Å²) in [7, 11) is 1.79. The van der Waals surface area contributed by atoms with Crippen molar-refractivity contribution in [3.05, 3.63) is 47.4 Å². The lowest BCUT2D eigenvalue weighted by Crippen LogP contribution is -2.00. The van der Waals surface area contributed by atoms with E-state index in [1.54, 1.807) is 7.05 Å². The van der Waals surface area contributed by atoms with Crippen LogP contribution in [0.25, 0.3) is 0 Å². The predicted octanol–water partition coefficient (Wildman–Crippen LogP) is 3.40. The third-order valence-electron chi connectivity index (χ3n) is 2.42. The maximum absolute atomic E-state index is 13.1. The summed E-state index contributed by atoms with van der Waals surface area (Å²) in [5.41, 5.74) is 0.861. The number of nitrogens with one attached hydrogen (secondary N) is 1. The summed E-state index contributed by atoms with van der Waals surface area (Å²) in [6.07, 6.45) is 0. The highest BCUT2D eigenvalue weighted by atomic mass is 32.2. The third-order valence-corrected chi connectivity index (χ3v) is 3.41. The van der Waals surface area contributed by atoms with E-state index >= 15 is 0 Å². The van der Waals surface area contributed by atoms with Crippen LogP contribution in [0.3, 0.4) is 0 Å². The normalized spacial score (nSPS) is 10.5. The summed E-state index contributed by atoms with van der Waals surface area (Å²) in [5, 5.41) is 2.95. The first-order chi connectivity index (χ1) is 9.08. The first-order valence-electron chi connectivity index (χ1n) is 5.68. The standard InChI is InChI=1S/C13H13F2N3S/c1-8-5-12(16-2)18-13(17-8)7-19-9-3-4-10(14)11(15)6-9/h3-6H,7H2,1-2H3,(H,16,17,18). The van der Waals surface area contributed by atoms with E-state index < -0.39 is 11.6 Å². The fraction of sp³-hybridized carbons (Fsp3) is 0.231. The minimum atomic E-state index is -0.842. The van der Waals surface area contributed by atoms with Crippen molar-refractivity contribution in [1.82, 2.24) is 9.97 Å². The summed E-state index contributed by atoms with van der Waals surface area (Å²) < 4.78 is 25.9. The summed E-state index contributed by atoms with van der Waals surface area (Å²) >= 11 is 1.36. The molecule has 0 saturated heterocycles. The molecule has 0 radical (unpaired) electrons. The summed E-state index contributed by atoms with van der Waals surface area (Å²) in [6.45, 7) is 1.88. The Balaban J connectivity index is 2.09. The van der Waals surface area contributed by atoms with E-state index in [4.69, 9.17) is 0 Å². The topological polar surface area (TPSA) is 37.8 Å². The zero-order valence-electron chi connectivity index (χ0n) is 10.6. The van der Waals surface area contributed by atoms with Crippen LogP contribution < -0.4 is 5.32 Å². The zero-order valence-corrected chi connectivity index (χ0v) is 11.4. The second-order valence-electron chi connectivity index (χ2n) is 3.93. The van der Waals surface area contributed by atoms with Crippen molar-refractivity contribution >= 4 is 17.6 Å². The highest BCUT2D eigenvalue weighted by Gasteiger charge is 2.05. The first-order valence-corrected chi connectivity index (χ1v) is 6.67. The Kier molecular flexibility index (Phi) is 4.31. The minimum Gasteiger partial charge on any atom is -0.373 e. The number of aromatic nitrogens is 2. The predicted molar refractivity (Wildman–Crippen MR) is 72.2 cm³/mol. The molecule has 0 saturated carbocycles. The van der Waals surface area contributed by atoms with Crippen molar-refractivity contribution in [2.24, 2.45) is 0 Å². The number of hydrogen-bond acceptors (Lipinski definition) is 4. The van der Waals surface area contributed by atoms with Gasteiger partial charge in [-0.2, -0.15) is 0 Å². The van der Waals surface area contributed by atoms with Gasteiger partial charge in [-0.05, 0) is 25.1 Å². The summed E-state index contributed by atoms with van der Waals surface area (Å²) in [5.74, 6) is 0.216. The van der Waals surface area contributed by atoms with E-state index in [0.29, 0.717) is 16.5 Å². The van der Waals surface area contributed by atoms with Crippen LogP contribution in [0, 0.1) is 18.6 Å². The van der Waals surface area contributed by atoms with Crippen LogP contribution in [0.15, 0.2) is 29.2 Å². The smallest absolute Gasteiger partial charge is 0.159 e. The molecule has 3 nitrogen and oxygen atoms in total. The fourth-order valence-electron chi connectivity index (χ4n) is 1.54. The Labute approximate surface area is 114 Å². The van der Waals surface area contributed by atoms with E-state index in [9.17, 15) is 8.78 Å². The molecule has 1 N–H and O–H groups in total. The van der Waals surface area contributed by atoms with Crippen LogP contribution in [0.1, 0.15) is 11.5 Å². The lowest BCUT2D eigenvalue weighted by molar-refractivity contribution is 0.506. The van der Waals surface area contributed by atoms with Gasteiger partial charge in [-0.25, -0.2) is 18.7 Å². The number of anilines is 1. The van der Waals surface area contributed by atoms with Crippen molar-refractivity contribution in [2.75, 3.05) is 12.4 Å². The number of nitrogens with zero attached hydrogens (tertiary/aromatic N) is 2. The van der Waals surface area contributed by atoms with E-state index in [1.807, 2.05) is 13.0 Å². The van der Waals surface area contributed by atoms with Crippen LogP contribution in [-0.2, 0) is 5.75 Å². The molecule has 100 valence electrons. The molecule has 19 heavy (non-hydrogen) atoms. The zero-order chi connectivity index (χ0) is 13.8. The monoisotopic (exact) mass is 281 g/mol. The Hall–Kier alpha value is -1.69. The van der Waals surface area contributed by atoms with Gasteiger partial charge in [-0.3, -0.25) is 0 Å². The highest BCUT2D eigenvalue weighted by Crippen LogP contribution is 2.23. The summed E-state index contributed by atoms with van der Waals surface area (Å²) in [4.78, 5) is 9.24. The molecule has 0 aliphatic rings. The van der Waals surface area contributed by atoms with Crippen molar-refractivity contribution < 1.29 is 8.78 Å². The fourth-order valence-corrected chi connectivity index (χ4v) is 2.31. The molecule has 1 aromatic carbocycles. The second-order valence-corrected chi connectivity index (χ2v) is 4.97. The second kappa shape index (κ2) is 5.97. The van der Waals surface area contributed by atoms with Crippen LogP contribution in [0.4, 0.5) is 14.6 Å². The molecule has 1 aromatic heterocycles. The maximum Gasteiger partial charge on any atom is 0.159 e. The molecule has 1 heterocycles. The molecule has 0 amide bonds. The van der Waals surface area contributed by atoms with Gasteiger partial charge >= 0.3 is 0 Å². The number of halogens is 2. The van der Waals surface area contributed by atoms with E-state index in [1.165, 1.54) is 23.9 Å². The Morgan fingerprint density at radius 3 is 2.63 bits per heavy atom.